The maximum Gasteiger partial charge on any atom is 0.321 e. The molecule has 6 nitrogen and oxygen atoms in total. The van der Waals surface area contributed by atoms with Gasteiger partial charge in [0.1, 0.15) is 0 Å². The standard InChI is InChI=1S/C17H23N3O3S/c1-11(14-9-12-5-6-13(14)8-12)18-17(22)19-15(21)10-24-16-4-2-3-7-20(16)23/h2-4,7,11-14H,5-6,8-10H2,1H3,(H2,18,19,21,22)/t11-,12+,13+,14-/m1/s1. The minimum Gasteiger partial charge on any atom is -0.618 e. The Hall–Kier alpha value is -1.76. The molecule has 0 radical (unpaired) electrons. The summed E-state index contributed by atoms with van der Waals surface area (Å²) in [6.07, 6.45) is 6.46. The third-order valence-corrected chi connectivity index (χ3v) is 6.20. The van der Waals surface area contributed by atoms with E-state index < -0.39 is 11.9 Å². The summed E-state index contributed by atoms with van der Waals surface area (Å²) in [6.45, 7) is 2.02. The fourth-order valence-corrected chi connectivity index (χ4v) is 4.80. The zero-order valence-corrected chi connectivity index (χ0v) is 14.6. The molecule has 7 heteroatoms. The van der Waals surface area contributed by atoms with E-state index in [1.54, 1.807) is 18.2 Å². The highest BCUT2D eigenvalue weighted by molar-refractivity contribution is 7.99. The van der Waals surface area contributed by atoms with Crippen LogP contribution in [0.1, 0.15) is 32.6 Å². The average molecular weight is 349 g/mol. The first-order chi connectivity index (χ1) is 11.5. The van der Waals surface area contributed by atoms with Crippen LogP contribution in [-0.2, 0) is 4.79 Å². The van der Waals surface area contributed by atoms with Crippen molar-refractivity contribution in [3.05, 3.63) is 29.6 Å². The molecule has 0 aliphatic heterocycles. The fourth-order valence-electron chi connectivity index (χ4n) is 4.08. The molecule has 1 heterocycles. The second-order valence-electron chi connectivity index (χ2n) is 6.80. The number of imide groups is 1. The highest BCUT2D eigenvalue weighted by atomic mass is 32.2. The fraction of sp³-hybridized carbons (Fsp3) is 0.588. The van der Waals surface area contributed by atoms with Gasteiger partial charge in [-0.25, -0.2) is 4.79 Å². The summed E-state index contributed by atoms with van der Waals surface area (Å²) in [5.74, 6) is 1.71. The quantitative estimate of drug-likeness (QED) is 0.484. The molecule has 2 bridgehead atoms. The van der Waals surface area contributed by atoms with E-state index in [0.717, 1.165) is 23.6 Å². The van der Waals surface area contributed by atoms with E-state index in [9.17, 15) is 14.8 Å². The maximum atomic E-state index is 12.0. The van der Waals surface area contributed by atoms with Crippen molar-refractivity contribution in [2.75, 3.05) is 5.75 Å². The summed E-state index contributed by atoms with van der Waals surface area (Å²) < 4.78 is 0.704. The molecule has 0 spiro atoms. The number of urea groups is 1. The highest BCUT2D eigenvalue weighted by Crippen LogP contribution is 2.49. The Morgan fingerprint density at radius 2 is 2.21 bits per heavy atom. The Morgan fingerprint density at radius 3 is 2.88 bits per heavy atom. The highest BCUT2D eigenvalue weighted by Gasteiger charge is 2.42. The lowest BCUT2D eigenvalue weighted by Crippen LogP contribution is -2.47. The molecular formula is C17H23N3O3S. The van der Waals surface area contributed by atoms with E-state index in [0.29, 0.717) is 15.7 Å². The zero-order chi connectivity index (χ0) is 17.1. The van der Waals surface area contributed by atoms with Crippen LogP contribution < -0.4 is 15.4 Å². The first kappa shape index (κ1) is 17.1. The van der Waals surface area contributed by atoms with Gasteiger partial charge < -0.3 is 10.5 Å². The van der Waals surface area contributed by atoms with Crippen LogP contribution in [0.3, 0.4) is 0 Å². The summed E-state index contributed by atoms with van der Waals surface area (Å²) in [4.78, 5) is 23.9. The van der Waals surface area contributed by atoms with Gasteiger partial charge in [-0.05, 0) is 61.8 Å². The van der Waals surface area contributed by atoms with Gasteiger partial charge >= 0.3 is 6.03 Å². The Labute approximate surface area is 146 Å². The molecule has 2 N–H and O–H groups in total. The van der Waals surface area contributed by atoms with Crippen molar-refractivity contribution in [3.63, 3.8) is 0 Å². The first-order valence-electron chi connectivity index (χ1n) is 8.44. The van der Waals surface area contributed by atoms with E-state index in [-0.39, 0.29) is 11.8 Å². The molecule has 3 amide bonds. The van der Waals surface area contributed by atoms with E-state index in [1.165, 1.54) is 31.9 Å². The van der Waals surface area contributed by atoms with Crippen molar-refractivity contribution < 1.29 is 14.3 Å². The molecule has 2 fully saturated rings. The normalized spacial score (nSPS) is 26.1. The van der Waals surface area contributed by atoms with Gasteiger partial charge in [0.25, 0.3) is 5.03 Å². The predicted octanol–water partition coefficient (Wildman–Crippen LogP) is 2.06. The van der Waals surface area contributed by atoms with Crippen LogP contribution in [0, 0.1) is 23.0 Å². The smallest absolute Gasteiger partial charge is 0.321 e. The van der Waals surface area contributed by atoms with Gasteiger partial charge in [0.05, 0.1) is 5.75 Å². The van der Waals surface area contributed by atoms with E-state index in [2.05, 4.69) is 10.6 Å². The number of fused-ring (bicyclic) bond motifs is 2. The second-order valence-corrected chi connectivity index (χ2v) is 7.80. The molecule has 24 heavy (non-hydrogen) atoms. The number of hydrogen-bond acceptors (Lipinski definition) is 4. The minimum atomic E-state index is -0.445. The molecule has 3 rings (SSSR count). The van der Waals surface area contributed by atoms with Gasteiger partial charge in [-0.1, -0.05) is 6.42 Å². The number of thioether (sulfide) groups is 1. The molecule has 0 aromatic carbocycles. The number of nitrogens with zero attached hydrogens (tertiary/aromatic N) is 1. The second kappa shape index (κ2) is 7.42. The molecule has 1 aromatic rings. The van der Waals surface area contributed by atoms with Crippen molar-refractivity contribution in [1.82, 2.24) is 10.6 Å². The lowest BCUT2D eigenvalue weighted by Gasteiger charge is -2.28. The van der Waals surface area contributed by atoms with Gasteiger partial charge in [0.15, 0.2) is 6.20 Å². The van der Waals surface area contributed by atoms with E-state index in [1.807, 2.05) is 6.92 Å². The van der Waals surface area contributed by atoms with Gasteiger partial charge in [0.2, 0.25) is 5.91 Å². The number of hydrogen-bond donors (Lipinski definition) is 2. The van der Waals surface area contributed by atoms with Crippen molar-refractivity contribution in [1.29, 1.82) is 0 Å². The summed E-state index contributed by atoms with van der Waals surface area (Å²) in [7, 11) is 0. The largest absolute Gasteiger partial charge is 0.618 e. The van der Waals surface area contributed by atoms with Gasteiger partial charge in [-0.15, -0.1) is 0 Å². The average Bonchev–Trinajstić information content (AvgIpc) is 3.17. The summed E-state index contributed by atoms with van der Waals surface area (Å²) in [5, 5.41) is 17.2. The summed E-state index contributed by atoms with van der Waals surface area (Å²) >= 11 is 1.11. The molecule has 2 aliphatic carbocycles. The number of carbonyl (C=O) groups is 2. The maximum absolute atomic E-state index is 12.0. The Morgan fingerprint density at radius 1 is 1.38 bits per heavy atom. The molecule has 0 unspecified atom stereocenters. The topological polar surface area (TPSA) is 85.1 Å². The van der Waals surface area contributed by atoms with Crippen LogP contribution in [0.25, 0.3) is 0 Å². The number of amides is 3. The SMILES string of the molecule is C[C@@H](NC(=O)NC(=O)CSc1cccc[n+]1[O-])[C@H]1C[C@H]2CC[C@H]1C2. The molecule has 130 valence electrons. The van der Waals surface area contributed by atoms with Crippen LogP contribution in [0.15, 0.2) is 29.4 Å². The minimum absolute atomic E-state index is 0.0299. The Kier molecular flexibility index (Phi) is 5.28. The van der Waals surface area contributed by atoms with Crippen LogP contribution >= 0.6 is 11.8 Å². The summed E-state index contributed by atoms with van der Waals surface area (Å²) in [6, 6.07) is 4.64. The van der Waals surface area contributed by atoms with Crippen molar-refractivity contribution in [2.45, 2.75) is 43.7 Å². The van der Waals surface area contributed by atoms with Gasteiger partial charge in [0, 0.05) is 18.2 Å². The van der Waals surface area contributed by atoms with Crippen molar-refractivity contribution in [3.8, 4) is 0 Å². The third-order valence-electron chi connectivity index (χ3n) is 5.19. The van der Waals surface area contributed by atoms with Crippen LogP contribution in [-0.4, -0.2) is 23.7 Å². The van der Waals surface area contributed by atoms with Crippen LogP contribution in [0.4, 0.5) is 4.79 Å². The Balaban J connectivity index is 1.41. The molecular weight excluding hydrogens is 326 g/mol. The zero-order valence-electron chi connectivity index (χ0n) is 13.7. The molecule has 0 saturated heterocycles. The van der Waals surface area contributed by atoms with Crippen LogP contribution in [0.2, 0.25) is 0 Å². The van der Waals surface area contributed by atoms with E-state index >= 15 is 0 Å². The number of nitrogens with one attached hydrogen (secondary N) is 2. The van der Waals surface area contributed by atoms with E-state index in [4.69, 9.17) is 0 Å². The lowest BCUT2D eigenvalue weighted by molar-refractivity contribution is -0.645. The first-order valence-corrected chi connectivity index (χ1v) is 9.43. The predicted molar refractivity (Wildman–Crippen MR) is 91.2 cm³/mol. The van der Waals surface area contributed by atoms with Gasteiger partial charge in [-0.2, -0.15) is 4.73 Å². The van der Waals surface area contributed by atoms with Crippen molar-refractivity contribution >= 4 is 23.7 Å². The number of pyridine rings is 1. The molecule has 2 saturated carbocycles. The Bertz CT molecular complexity index is 625. The number of rotatable bonds is 5. The molecule has 1 aromatic heterocycles. The van der Waals surface area contributed by atoms with Gasteiger partial charge in [-0.3, -0.25) is 10.1 Å². The molecule has 4 atom stereocenters. The lowest BCUT2D eigenvalue weighted by atomic mass is 9.84. The number of carbonyl (C=O) groups excluding carboxylic acids is 2. The monoisotopic (exact) mass is 349 g/mol. The van der Waals surface area contributed by atoms with Crippen LogP contribution in [0.5, 0.6) is 0 Å². The summed E-state index contributed by atoms with van der Waals surface area (Å²) in [5.41, 5.74) is 0. The molecule has 2 aliphatic rings. The third kappa shape index (κ3) is 4.01. The number of aromatic nitrogens is 1. The van der Waals surface area contributed by atoms with Crippen molar-refractivity contribution in [2.24, 2.45) is 17.8 Å².